The number of carbonyl (C=O) groups excluding carboxylic acids is 1. The zero-order chi connectivity index (χ0) is 18.0. The number of rotatable bonds is 4. The van der Waals surface area contributed by atoms with Gasteiger partial charge in [-0.05, 0) is 25.1 Å². The molecular weight excluding hydrogens is 364 g/mol. The van der Waals surface area contributed by atoms with Crippen molar-refractivity contribution in [3.63, 3.8) is 0 Å². The number of aromatic nitrogens is 2. The van der Waals surface area contributed by atoms with E-state index in [1.807, 2.05) is 0 Å². The number of hydrogen-bond acceptors (Lipinski definition) is 6. The predicted octanol–water partition coefficient (Wildman–Crippen LogP) is 4.33. The Balaban J connectivity index is 1.79. The van der Waals surface area contributed by atoms with Gasteiger partial charge in [-0.15, -0.1) is 10.2 Å². The van der Waals surface area contributed by atoms with Crippen LogP contribution in [0, 0.1) is 17.0 Å². The number of nitrogens with one attached hydrogen (secondary N) is 1. The van der Waals surface area contributed by atoms with E-state index in [4.69, 9.17) is 11.6 Å². The number of benzene rings is 2. The Hall–Kier alpha value is -2.84. The highest BCUT2D eigenvalue weighted by atomic mass is 35.5. The average molecular weight is 375 g/mol. The lowest BCUT2D eigenvalue weighted by atomic mass is 10.1. The van der Waals surface area contributed by atoms with E-state index in [1.165, 1.54) is 29.5 Å². The van der Waals surface area contributed by atoms with Crippen molar-refractivity contribution in [1.82, 2.24) is 10.2 Å². The second-order valence-electron chi connectivity index (χ2n) is 5.13. The fourth-order valence-electron chi connectivity index (χ4n) is 2.10. The number of nitro benzene ring substituents is 1. The molecule has 0 saturated heterocycles. The van der Waals surface area contributed by atoms with Gasteiger partial charge in [-0.3, -0.25) is 20.2 Å². The van der Waals surface area contributed by atoms with Crippen LogP contribution in [0.1, 0.15) is 15.9 Å². The van der Waals surface area contributed by atoms with E-state index in [2.05, 4.69) is 15.5 Å². The van der Waals surface area contributed by atoms with Crippen LogP contribution >= 0.6 is 22.9 Å². The Morgan fingerprint density at radius 2 is 1.92 bits per heavy atom. The van der Waals surface area contributed by atoms with Gasteiger partial charge in [0.05, 0.1) is 4.92 Å². The summed E-state index contributed by atoms with van der Waals surface area (Å²) in [6.07, 6.45) is 0. The molecule has 1 amide bonds. The first-order valence-corrected chi connectivity index (χ1v) is 8.29. The van der Waals surface area contributed by atoms with Crippen molar-refractivity contribution >= 4 is 39.7 Å². The summed E-state index contributed by atoms with van der Waals surface area (Å²) in [5.41, 5.74) is 1.39. The molecule has 1 N–H and O–H groups in total. The topological polar surface area (TPSA) is 98.0 Å². The summed E-state index contributed by atoms with van der Waals surface area (Å²) in [5.74, 6) is -0.484. The third kappa shape index (κ3) is 3.81. The fraction of sp³-hybridized carbons (Fsp3) is 0.0625. The van der Waals surface area contributed by atoms with Gasteiger partial charge in [0.15, 0.2) is 0 Å². The number of aryl methyl sites for hydroxylation is 1. The molecule has 0 atom stereocenters. The van der Waals surface area contributed by atoms with Crippen molar-refractivity contribution < 1.29 is 9.72 Å². The number of amides is 1. The zero-order valence-electron chi connectivity index (χ0n) is 12.9. The zero-order valence-corrected chi connectivity index (χ0v) is 14.5. The van der Waals surface area contributed by atoms with Crippen LogP contribution in [0.4, 0.5) is 10.8 Å². The number of nitrogens with zero attached hydrogens (tertiary/aromatic N) is 3. The standard InChI is InChI=1S/C16H11ClN4O3S/c1-9-2-3-11(8-13(9)21(23)24)14(22)18-16-20-19-15(25-16)10-4-6-12(17)7-5-10/h2-8H,1H3,(H,18,20,22). The maximum atomic E-state index is 12.3. The Labute approximate surface area is 151 Å². The van der Waals surface area contributed by atoms with Gasteiger partial charge in [0.25, 0.3) is 11.6 Å². The summed E-state index contributed by atoms with van der Waals surface area (Å²) < 4.78 is 0. The molecule has 1 heterocycles. The molecule has 126 valence electrons. The van der Waals surface area contributed by atoms with Crippen molar-refractivity contribution in [2.45, 2.75) is 6.92 Å². The first-order chi connectivity index (χ1) is 11.9. The molecule has 0 bridgehead atoms. The van der Waals surface area contributed by atoms with Crippen LogP contribution in [0.2, 0.25) is 5.02 Å². The van der Waals surface area contributed by atoms with E-state index >= 15 is 0 Å². The highest BCUT2D eigenvalue weighted by Crippen LogP contribution is 2.28. The SMILES string of the molecule is Cc1ccc(C(=O)Nc2nnc(-c3ccc(Cl)cc3)s2)cc1[N+](=O)[O-]. The van der Waals surface area contributed by atoms with E-state index in [1.54, 1.807) is 31.2 Å². The van der Waals surface area contributed by atoms with Crippen LogP contribution in [0.15, 0.2) is 42.5 Å². The summed E-state index contributed by atoms with van der Waals surface area (Å²) in [7, 11) is 0. The quantitative estimate of drug-likeness (QED) is 0.541. The van der Waals surface area contributed by atoms with Gasteiger partial charge >= 0.3 is 0 Å². The second-order valence-corrected chi connectivity index (χ2v) is 6.55. The molecule has 0 unspecified atom stereocenters. The molecule has 2 aromatic carbocycles. The number of hydrogen-bond donors (Lipinski definition) is 1. The minimum Gasteiger partial charge on any atom is -0.296 e. The number of anilines is 1. The van der Waals surface area contributed by atoms with Crippen molar-refractivity contribution in [3.8, 4) is 10.6 Å². The molecule has 1 aromatic heterocycles. The number of carbonyl (C=O) groups is 1. The Morgan fingerprint density at radius 3 is 2.60 bits per heavy atom. The maximum absolute atomic E-state index is 12.3. The maximum Gasteiger partial charge on any atom is 0.273 e. The molecule has 0 aliphatic rings. The van der Waals surface area contributed by atoms with Gasteiger partial charge in [-0.2, -0.15) is 0 Å². The molecular formula is C16H11ClN4O3S. The molecule has 3 aromatic rings. The van der Waals surface area contributed by atoms with E-state index in [9.17, 15) is 14.9 Å². The second kappa shape index (κ2) is 6.96. The fourth-order valence-corrected chi connectivity index (χ4v) is 2.97. The van der Waals surface area contributed by atoms with Gasteiger partial charge in [0.2, 0.25) is 5.13 Å². The van der Waals surface area contributed by atoms with E-state index < -0.39 is 10.8 Å². The van der Waals surface area contributed by atoms with Crippen molar-refractivity contribution in [3.05, 3.63) is 68.7 Å². The van der Waals surface area contributed by atoms with E-state index in [-0.39, 0.29) is 11.3 Å². The van der Waals surface area contributed by atoms with Gasteiger partial charge in [0.1, 0.15) is 5.01 Å². The summed E-state index contributed by atoms with van der Waals surface area (Å²) in [4.78, 5) is 22.7. The first-order valence-electron chi connectivity index (χ1n) is 7.10. The van der Waals surface area contributed by atoms with Crippen molar-refractivity contribution in [1.29, 1.82) is 0 Å². The molecule has 0 aliphatic carbocycles. The van der Waals surface area contributed by atoms with Gasteiger partial charge in [-0.25, -0.2) is 0 Å². The summed E-state index contributed by atoms with van der Waals surface area (Å²) in [6.45, 7) is 1.61. The Morgan fingerprint density at radius 1 is 1.20 bits per heavy atom. The van der Waals surface area contributed by atoms with Crippen molar-refractivity contribution in [2.75, 3.05) is 5.32 Å². The van der Waals surface area contributed by atoms with Gasteiger partial charge in [-0.1, -0.05) is 41.1 Å². The molecule has 0 radical (unpaired) electrons. The Bertz CT molecular complexity index is 956. The molecule has 0 fully saturated rings. The molecule has 9 heteroatoms. The molecule has 3 rings (SSSR count). The summed E-state index contributed by atoms with van der Waals surface area (Å²) in [6, 6.07) is 11.4. The largest absolute Gasteiger partial charge is 0.296 e. The molecule has 0 saturated carbocycles. The first kappa shape index (κ1) is 17.0. The van der Waals surface area contributed by atoms with Crippen LogP contribution in [0.5, 0.6) is 0 Å². The third-order valence-electron chi connectivity index (χ3n) is 3.40. The minimum atomic E-state index is -0.518. The molecule has 7 nitrogen and oxygen atoms in total. The van der Waals surface area contributed by atoms with Crippen molar-refractivity contribution in [2.24, 2.45) is 0 Å². The summed E-state index contributed by atoms with van der Waals surface area (Å²) in [5, 5.41) is 23.1. The smallest absolute Gasteiger partial charge is 0.273 e. The van der Waals surface area contributed by atoms with Crippen LogP contribution in [0.3, 0.4) is 0 Å². The van der Waals surface area contributed by atoms with Gasteiger partial charge < -0.3 is 0 Å². The van der Waals surface area contributed by atoms with E-state index in [0.717, 1.165) is 5.56 Å². The lowest BCUT2D eigenvalue weighted by Crippen LogP contribution is -2.12. The van der Waals surface area contributed by atoms with Crippen LogP contribution in [-0.2, 0) is 0 Å². The number of nitro groups is 1. The normalized spacial score (nSPS) is 10.5. The highest BCUT2D eigenvalue weighted by molar-refractivity contribution is 7.18. The lowest BCUT2D eigenvalue weighted by Gasteiger charge is -2.02. The van der Waals surface area contributed by atoms with Crippen LogP contribution in [-0.4, -0.2) is 21.0 Å². The highest BCUT2D eigenvalue weighted by Gasteiger charge is 2.16. The average Bonchev–Trinajstić information content (AvgIpc) is 3.04. The predicted molar refractivity (Wildman–Crippen MR) is 96.1 cm³/mol. The number of halogens is 1. The van der Waals surface area contributed by atoms with Gasteiger partial charge in [0, 0.05) is 27.8 Å². The molecule has 0 spiro atoms. The Kier molecular flexibility index (Phi) is 4.73. The molecule has 0 aliphatic heterocycles. The summed E-state index contributed by atoms with van der Waals surface area (Å²) >= 11 is 7.05. The van der Waals surface area contributed by atoms with Crippen LogP contribution in [0.25, 0.3) is 10.6 Å². The van der Waals surface area contributed by atoms with Crippen LogP contribution < -0.4 is 5.32 Å². The lowest BCUT2D eigenvalue weighted by molar-refractivity contribution is -0.385. The van der Waals surface area contributed by atoms with E-state index in [0.29, 0.717) is 20.7 Å². The minimum absolute atomic E-state index is 0.105. The monoisotopic (exact) mass is 374 g/mol. The third-order valence-corrected chi connectivity index (χ3v) is 4.54. The molecule has 25 heavy (non-hydrogen) atoms.